The van der Waals surface area contributed by atoms with E-state index in [-0.39, 0.29) is 24.4 Å². The van der Waals surface area contributed by atoms with Crippen molar-refractivity contribution in [3.8, 4) is 0 Å². The smallest absolute Gasteiger partial charge is 0.239 e. The number of carbonyl (C=O) groups is 2. The van der Waals surface area contributed by atoms with Crippen LogP contribution in [0.5, 0.6) is 0 Å². The van der Waals surface area contributed by atoms with Crippen molar-refractivity contribution in [2.75, 3.05) is 26.2 Å². The molecule has 2 unspecified atom stereocenters. The number of aromatic amines is 1. The first-order valence-corrected chi connectivity index (χ1v) is 8.67. The average molecular weight is 334 g/mol. The van der Waals surface area contributed by atoms with Crippen LogP contribution < -0.4 is 5.32 Å². The number of carbonyl (C=O) groups excluding carboxylic acids is 2. The zero-order chi connectivity index (χ0) is 17.1. The van der Waals surface area contributed by atoms with E-state index in [1.54, 1.807) is 11.1 Å². The molecule has 0 aliphatic carbocycles. The molecular weight excluding hydrogens is 308 g/mol. The Balaban J connectivity index is 1.56. The minimum absolute atomic E-state index is 0.0517. The van der Waals surface area contributed by atoms with Gasteiger partial charge in [0.15, 0.2) is 0 Å². The van der Waals surface area contributed by atoms with Gasteiger partial charge in [0.1, 0.15) is 0 Å². The Bertz CT molecular complexity index is 573. The van der Waals surface area contributed by atoms with Crippen LogP contribution in [0.2, 0.25) is 0 Å². The molecule has 3 rings (SSSR count). The molecule has 0 saturated carbocycles. The predicted octanol–water partition coefficient (Wildman–Crippen LogP) is -0.000300. The quantitative estimate of drug-likeness (QED) is 0.764. The molecule has 1 aromatic heterocycles. The summed E-state index contributed by atoms with van der Waals surface area (Å²) in [7, 11) is 0. The molecule has 2 saturated heterocycles. The molecule has 0 radical (unpaired) electrons. The molecular formula is C16H26N6O2. The van der Waals surface area contributed by atoms with E-state index in [1.807, 2.05) is 0 Å². The van der Waals surface area contributed by atoms with Gasteiger partial charge in [0.25, 0.3) is 0 Å². The van der Waals surface area contributed by atoms with E-state index in [1.165, 1.54) is 0 Å². The van der Waals surface area contributed by atoms with E-state index < -0.39 is 0 Å². The van der Waals surface area contributed by atoms with Crippen molar-refractivity contribution >= 4 is 11.8 Å². The molecule has 132 valence electrons. The molecule has 1 aromatic rings. The van der Waals surface area contributed by atoms with Crippen LogP contribution in [0.1, 0.15) is 32.4 Å². The number of hydrogen-bond acceptors (Lipinski definition) is 5. The highest BCUT2D eigenvalue weighted by molar-refractivity contribution is 5.86. The lowest BCUT2D eigenvalue weighted by atomic mass is 9.91. The Labute approximate surface area is 142 Å². The molecule has 0 aromatic carbocycles. The van der Waals surface area contributed by atoms with E-state index in [9.17, 15) is 9.59 Å². The minimum atomic E-state index is -0.0517. The third kappa shape index (κ3) is 3.92. The molecule has 0 bridgehead atoms. The number of nitrogens with one attached hydrogen (secondary N) is 2. The SMILES string of the molecule is CC(C)C1CN(Cc2cn[nH]n2)CC1NC(=O)CN1CCCC1=O. The van der Waals surface area contributed by atoms with Crippen molar-refractivity contribution in [1.82, 2.24) is 30.5 Å². The van der Waals surface area contributed by atoms with Crippen molar-refractivity contribution in [3.05, 3.63) is 11.9 Å². The maximum absolute atomic E-state index is 12.3. The number of H-pyrrole nitrogens is 1. The summed E-state index contributed by atoms with van der Waals surface area (Å²) < 4.78 is 0. The molecule has 2 aliphatic rings. The van der Waals surface area contributed by atoms with Gasteiger partial charge in [-0.15, -0.1) is 0 Å². The van der Waals surface area contributed by atoms with Crippen LogP contribution in [-0.4, -0.2) is 69.2 Å². The van der Waals surface area contributed by atoms with Crippen molar-refractivity contribution in [1.29, 1.82) is 0 Å². The highest BCUT2D eigenvalue weighted by Crippen LogP contribution is 2.25. The fourth-order valence-electron chi connectivity index (χ4n) is 3.70. The molecule has 2 N–H and O–H groups in total. The van der Waals surface area contributed by atoms with E-state index in [4.69, 9.17) is 0 Å². The normalized spacial score (nSPS) is 25.0. The molecule has 8 heteroatoms. The van der Waals surface area contributed by atoms with Gasteiger partial charge in [-0.05, 0) is 18.3 Å². The summed E-state index contributed by atoms with van der Waals surface area (Å²) in [5.74, 6) is 0.912. The van der Waals surface area contributed by atoms with Gasteiger partial charge in [0, 0.05) is 38.6 Å². The van der Waals surface area contributed by atoms with E-state index in [0.717, 1.165) is 31.7 Å². The molecule has 2 amide bonds. The molecule has 2 aliphatic heterocycles. The van der Waals surface area contributed by atoms with Gasteiger partial charge in [-0.2, -0.15) is 15.4 Å². The number of hydrogen-bond donors (Lipinski definition) is 2. The van der Waals surface area contributed by atoms with Crippen LogP contribution >= 0.6 is 0 Å². The van der Waals surface area contributed by atoms with Crippen LogP contribution in [0.15, 0.2) is 6.20 Å². The van der Waals surface area contributed by atoms with Crippen LogP contribution in [0.3, 0.4) is 0 Å². The van der Waals surface area contributed by atoms with Gasteiger partial charge in [-0.1, -0.05) is 13.8 Å². The predicted molar refractivity (Wildman–Crippen MR) is 87.7 cm³/mol. The summed E-state index contributed by atoms with van der Waals surface area (Å²) in [6, 6.07) is 0.113. The molecule has 2 atom stereocenters. The van der Waals surface area contributed by atoms with Crippen molar-refractivity contribution in [3.63, 3.8) is 0 Å². The zero-order valence-electron chi connectivity index (χ0n) is 14.4. The lowest BCUT2D eigenvalue weighted by molar-refractivity contribution is -0.133. The summed E-state index contributed by atoms with van der Waals surface area (Å²) >= 11 is 0. The van der Waals surface area contributed by atoms with E-state index >= 15 is 0 Å². The number of aromatic nitrogens is 3. The Morgan fingerprint density at radius 2 is 2.29 bits per heavy atom. The fraction of sp³-hybridized carbons (Fsp3) is 0.750. The second kappa shape index (κ2) is 7.29. The molecule has 24 heavy (non-hydrogen) atoms. The van der Waals surface area contributed by atoms with Gasteiger partial charge in [0.2, 0.25) is 11.8 Å². The van der Waals surface area contributed by atoms with Crippen LogP contribution in [0.25, 0.3) is 0 Å². The maximum atomic E-state index is 12.3. The molecule has 0 spiro atoms. The maximum Gasteiger partial charge on any atom is 0.239 e. The fourth-order valence-corrected chi connectivity index (χ4v) is 3.70. The Morgan fingerprint density at radius 3 is 2.92 bits per heavy atom. The summed E-state index contributed by atoms with van der Waals surface area (Å²) in [6.45, 7) is 7.72. The number of amides is 2. The molecule has 8 nitrogen and oxygen atoms in total. The third-order valence-corrected chi connectivity index (χ3v) is 5.00. The summed E-state index contributed by atoms with van der Waals surface area (Å²) in [4.78, 5) is 28.0. The summed E-state index contributed by atoms with van der Waals surface area (Å²) in [5, 5.41) is 13.7. The molecule has 2 fully saturated rings. The van der Waals surface area contributed by atoms with Crippen molar-refractivity contribution in [2.24, 2.45) is 11.8 Å². The lowest BCUT2D eigenvalue weighted by Gasteiger charge is -2.24. The highest BCUT2D eigenvalue weighted by atomic mass is 16.2. The third-order valence-electron chi connectivity index (χ3n) is 5.00. The molecule has 3 heterocycles. The van der Waals surface area contributed by atoms with Gasteiger partial charge in [-0.25, -0.2) is 0 Å². The average Bonchev–Trinajstić information content (AvgIpc) is 3.23. The van der Waals surface area contributed by atoms with Gasteiger partial charge in [0.05, 0.1) is 18.4 Å². The zero-order valence-corrected chi connectivity index (χ0v) is 14.4. The largest absolute Gasteiger partial charge is 0.350 e. The van der Waals surface area contributed by atoms with E-state index in [0.29, 0.717) is 24.8 Å². The second-order valence-corrected chi connectivity index (χ2v) is 7.16. The lowest BCUT2D eigenvalue weighted by Crippen LogP contribution is -2.46. The first kappa shape index (κ1) is 16.9. The van der Waals surface area contributed by atoms with Gasteiger partial charge >= 0.3 is 0 Å². The standard InChI is InChI=1S/C16H26N6O2/c1-11(2)13-8-21(7-12-6-17-20-19-12)9-14(13)18-15(23)10-22-5-3-4-16(22)24/h6,11,13-14H,3-5,7-10H2,1-2H3,(H,18,23)(H,17,19,20). The van der Waals surface area contributed by atoms with Crippen LogP contribution in [-0.2, 0) is 16.1 Å². The van der Waals surface area contributed by atoms with Gasteiger partial charge < -0.3 is 10.2 Å². The van der Waals surface area contributed by atoms with Crippen LogP contribution in [0.4, 0.5) is 0 Å². The minimum Gasteiger partial charge on any atom is -0.350 e. The first-order valence-electron chi connectivity index (χ1n) is 8.67. The second-order valence-electron chi connectivity index (χ2n) is 7.16. The van der Waals surface area contributed by atoms with Crippen LogP contribution in [0, 0.1) is 11.8 Å². The monoisotopic (exact) mass is 334 g/mol. The highest BCUT2D eigenvalue weighted by Gasteiger charge is 2.36. The van der Waals surface area contributed by atoms with E-state index in [2.05, 4.69) is 39.5 Å². The Hall–Kier alpha value is -1.96. The number of likely N-dealkylation sites (tertiary alicyclic amines) is 2. The Kier molecular flexibility index (Phi) is 5.13. The first-order chi connectivity index (χ1) is 11.5. The topological polar surface area (TPSA) is 94.2 Å². The van der Waals surface area contributed by atoms with Gasteiger partial charge in [-0.3, -0.25) is 14.5 Å². The number of rotatable bonds is 6. The summed E-state index contributed by atoms with van der Waals surface area (Å²) in [6.07, 6.45) is 3.15. The number of nitrogens with zero attached hydrogens (tertiary/aromatic N) is 4. The van der Waals surface area contributed by atoms with Crippen molar-refractivity contribution < 1.29 is 9.59 Å². The van der Waals surface area contributed by atoms with Crippen molar-refractivity contribution in [2.45, 2.75) is 39.3 Å². The summed E-state index contributed by atoms with van der Waals surface area (Å²) in [5.41, 5.74) is 0.909. The Morgan fingerprint density at radius 1 is 1.46 bits per heavy atom.